The number of carbonyl (C=O) groups is 1. The monoisotopic (exact) mass is 272 g/mol. The molecule has 0 N–H and O–H groups in total. The molecule has 0 amide bonds. The maximum absolute atomic E-state index is 11.8. The molecule has 0 spiro atoms. The van der Waals surface area contributed by atoms with Crippen LogP contribution in [0.25, 0.3) is 0 Å². The van der Waals surface area contributed by atoms with Gasteiger partial charge in [0.15, 0.2) is 14.1 Å². The lowest BCUT2D eigenvalue weighted by atomic mass is 10.1. The van der Waals surface area contributed by atoms with E-state index in [0.717, 1.165) is 19.4 Å². The average Bonchev–Trinajstić information content (AvgIpc) is 2.42. The largest absolute Gasteiger partial charge is 0.417 e. The van der Waals surface area contributed by atoms with Crippen molar-refractivity contribution in [3.05, 3.63) is 0 Å². The molecular weight excluding hydrogens is 244 g/mol. The third-order valence-corrected chi connectivity index (χ3v) is 8.68. The molecule has 0 saturated carbocycles. The topological polar surface area (TPSA) is 35.5 Å². The van der Waals surface area contributed by atoms with Crippen LogP contribution in [0.2, 0.25) is 18.1 Å². The minimum atomic E-state index is -1.69. The van der Waals surface area contributed by atoms with Gasteiger partial charge in [0.2, 0.25) is 0 Å². The second-order valence-electron chi connectivity index (χ2n) is 6.68. The molecule has 0 aliphatic carbocycles. The van der Waals surface area contributed by atoms with Crippen LogP contribution in [0, 0.1) is 0 Å². The van der Waals surface area contributed by atoms with Gasteiger partial charge >= 0.3 is 0 Å². The Morgan fingerprint density at radius 1 is 1.33 bits per heavy atom. The van der Waals surface area contributed by atoms with Gasteiger partial charge in [-0.15, -0.1) is 0 Å². The second-order valence-corrected chi connectivity index (χ2v) is 11.5. The Hall–Kier alpha value is -0.193. The van der Waals surface area contributed by atoms with E-state index in [1.807, 2.05) is 0 Å². The predicted molar refractivity (Wildman–Crippen MR) is 76.4 cm³/mol. The summed E-state index contributed by atoms with van der Waals surface area (Å²) in [6.45, 7) is 12.5. The minimum Gasteiger partial charge on any atom is -0.417 e. The van der Waals surface area contributed by atoms with Crippen LogP contribution < -0.4 is 0 Å². The number of ketones is 1. The summed E-state index contributed by atoms with van der Waals surface area (Å²) < 4.78 is 11.7. The lowest BCUT2D eigenvalue weighted by Gasteiger charge is -2.36. The highest BCUT2D eigenvalue weighted by Crippen LogP contribution is 2.36. The summed E-state index contributed by atoms with van der Waals surface area (Å²) in [4.78, 5) is 11.8. The van der Waals surface area contributed by atoms with E-state index in [9.17, 15) is 4.79 Å². The molecule has 0 aromatic rings. The van der Waals surface area contributed by atoms with Gasteiger partial charge in [0.05, 0.1) is 0 Å². The molecule has 0 aromatic heterocycles. The lowest BCUT2D eigenvalue weighted by molar-refractivity contribution is -0.129. The van der Waals surface area contributed by atoms with Crippen molar-refractivity contribution in [1.82, 2.24) is 0 Å². The number of carbonyl (C=O) groups excluding carboxylic acids is 1. The molecule has 1 heterocycles. The SMILES string of the molecule is CC(C)(C)[Si](C)(C)OCCC1OCCCCC1=O. The van der Waals surface area contributed by atoms with Gasteiger partial charge < -0.3 is 9.16 Å². The highest BCUT2D eigenvalue weighted by atomic mass is 28.4. The summed E-state index contributed by atoms with van der Waals surface area (Å²) in [5, 5.41) is 0.224. The van der Waals surface area contributed by atoms with Gasteiger partial charge in [-0.05, 0) is 31.0 Å². The maximum Gasteiger partial charge on any atom is 0.191 e. The first kappa shape index (κ1) is 15.9. The van der Waals surface area contributed by atoms with E-state index in [4.69, 9.17) is 9.16 Å². The van der Waals surface area contributed by atoms with Crippen LogP contribution >= 0.6 is 0 Å². The Morgan fingerprint density at radius 3 is 2.61 bits per heavy atom. The van der Waals surface area contributed by atoms with Gasteiger partial charge in [-0.1, -0.05) is 20.8 Å². The standard InChI is InChI=1S/C14H28O3Si/c1-14(2,3)18(4,5)17-11-9-13-12(15)8-6-7-10-16-13/h13H,6-11H2,1-5H3. The van der Waals surface area contributed by atoms with E-state index < -0.39 is 8.32 Å². The molecule has 1 aliphatic rings. The summed E-state index contributed by atoms with van der Waals surface area (Å²) in [6, 6.07) is 0. The molecule has 1 aliphatic heterocycles. The molecule has 18 heavy (non-hydrogen) atoms. The first-order valence-corrected chi connectivity index (χ1v) is 9.93. The van der Waals surface area contributed by atoms with Gasteiger partial charge in [-0.3, -0.25) is 4.79 Å². The molecule has 0 aromatic carbocycles. The van der Waals surface area contributed by atoms with E-state index in [1.165, 1.54) is 0 Å². The van der Waals surface area contributed by atoms with Gasteiger partial charge in [-0.2, -0.15) is 0 Å². The summed E-state index contributed by atoms with van der Waals surface area (Å²) in [5.41, 5.74) is 0. The fourth-order valence-corrected chi connectivity index (χ4v) is 2.82. The Kier molecular flexibility index (Phi) is 5.56. The van der Waals surface area contributed by atoms with Gasteiger partial charge in [0.1, 0.15) is 6.10 Å². The normalized spacial score (nSPS) is 22.9. The Bertz CT molecular complexity index is 281. The maximum atomic E-state index is 11.8. The van der Waals surface area contributed by atoms with Crippen molar-refractivity contribution in [2.75, 3.05) is 13.2 Å². The molecular formula is C14H28O3Si. The van der Waals surface area contributed by atoms with Crippen molar-refractivity contribution in [3.63, 3.8) is 0 Å². The van der Waals surface area contributed by atoms with Crippen molar-refractivity contribution in [3.8, 4) is 0 Å². The third-order valence-electron chi connectivity index (χ3n) is 4.14. The summed E-state index contributed by atoms with van der Waals surface area (Å²) in [5.74, 6) is 0.256. The highest BCUT2D eigenvalue weighted by molar-refractivity contribution is 6.74. The van der Waals surface area contributed by atoms with Crippen LogP contribution in [0.15, 0.2) is 0 Å². The number of hydrogen-bond acceptors (Lipinski definition) is 3. The average molecular weight is 272 g/mol. The van der Waals surface area contributed by atoms with Crippen LogP contribution in [0.1, 0.15) is 46.5 Å². The lowest BCUT2D eigenvalue weighted by Crippen LogP contribution is -2.41. The number of ether oxygens (including phenoxy) is 1. The molecule has 1 atom stereocenters. The first-order valence-electron chi connectivity index (χ1n) is 7.02. The molecule has 1 rings (SSSR count). The fraction of sp³-hybridized carbons (Fsp3) is 0.929. The van der Waals surface area contributed by atoms with Gasteiger partial charge in [0, 0.05) is 26.1 Å². The number of rotatable bonds is 4. The predicted octanol–water partition coefficient (Wildman–Crippen LogP) is 3.54. The fourth-order valence-electron chi connectivity index (χ4n) is 1.76. The van der Waals surface area contributed by atoms with Crippen LogP contribution in [0.3, 0.4) is 0 Å². The van der Waals surface area contributed by atoms with Crippen LogP contribution in [-0.2, 0) is 14.0 Å². The van der Waals surface area contributed by atoms with Gasteiger partial charge in [0.25, 0.3) is 0 Å². The van der Waals surface area contributed by atoms with E-state index in [-0.39, 0.29) is 16.9 Å². The zero-order valence-corrected chi connectivity index (χ0v) is 13.5. The van der Waals surface area contributed by atoms with Crippen molar-refractivity contribution in [1.29, 1.82) is 0 Å². The molecule has 106 valence electrons. The van der Waals surface area contributed by atoms with E-state index in [0.29, 0.717) is 19.4 Å². The van der Waals surface area contributed by atoms with E-state index >= 15 is 0 Å². The van der Waals surface area contributed by atoms with E-state index in [1.54, 1.807) is 0 Å². The quantitative estimate of drug-likeness (QED) is 0.734. The zero-order chi connectivity index (χ0) is 13.8. The van der Waals surface area contributed by atoms with Crippen molar-refractivity contribution in [2.45, 2.75) is 70.7 Å². The summed E-state index contributed by atoms with van der Waals surface area (Å²) in [7, 11) is -1.69. The number of hydrogen-bond donors (Lipinski definition) is 0. The zero-order valence-electron chi connectivity index (χ0n) is 12.5. The highest BCUT2D eigenvalue weighted by Gasteiger charge is 2.37. The molecule has 0 bridgehead atoms. The molecule has 1 unspecified atom stereocenters. The first-order chi connectivity index (χ1) is 8.24. The number of Topliss-reactive ketones (excluding diaryl/α,β-unsaturated/α-hetero) is 1. The molecule has 4 heteroatoms. The second kappa shape index (κ2) is 6.31. The molecule has 3 nitrogen and oxygen atoms in total. The Labute approximate surface area is 112 Å². The Morgan fingerprint density at radius 2 is 2.00 bits per heavy atom. The summed E-state index contributed by atoms with van der Waals surface area (Å²) in [6.07, 6.45) is 3.14. The van der Waals surface area contributed by atoms with Gasteiger partial charge in [-0.25, -0.2) is 0 Å². The van der Waals surface area contributed by atoms with E-state index in [2.05, 4.69) is 33.9 Å². The molecule has 0 radical (unpaired) electrons. The Balaban J connectivity index is 2.39. The van der Waals surface area contributed by atoms with Crippen LogP contribution in [0.5, 0.6) is 0 Å². The smallest absolute Gasteiger partial charge is 0.191 e. The minimum absolute atomic E-state index is 0.224. The van der Waals surface area contributed by atoms with Crippen molar-refractivity contribution >= 4 is 14.1 Å². The molecule has 1 saturated heterocycles. The molecule has 1 fully saturated rings. The van der Waals surface area contributed by atoms with Crippen molar-refractivity contribution < 1.29 is 14.0 Å². The van der Waals surface area contributed by atoms with Crippen LogP contribution in [0.4, 0.5) is 0 Å². The van der Waals surface area contributed by atoms with Crippen LogP contribution in [-0.4, -0.2) is 33.4 Å². The summed E-state index contributed by atoms with van der Waals surface area (Å²) >= 11 is 0. The van der Waals surface area contributed by atoms with Crippen molar-refractivity contribution in [2.24, 2.45) is 0 Å². The third kappa shape index (κ3) is 4.48.